The SMILES string of the molecule is CC1CC(C)CC(NC(=O)C(C)C2CCCC(N)C2)C1. The second-order valence-electron chi connectivity index (χ2n) is 7.60. The van der Waals surface area contributed by atoms with E-state index in [0.29, 0.717) is 18.0 Å². The van der Waals surface area contributed by atoms with Crippen molar-refractivity contribution < 1.29 is 4.79 Å². The van der Waals surface area contributed by atoms with Gasteiger partial charge in [-0.3, -0.25) is 4.79 Å². The Morgan fingerprint density at radius 1 is 1.10 bits per heavy atom. The lowest BCUT2D eigenvalue weighted by atomic mass is 9.77. The van der Waals surface area contributed by atoms with Crippen molar-refractivity contribution in [2.45, 2.75) is 77.8 Å². The summed E-state index contributed by atoms with van der Waals surface area (Å²) in [4.78, 5) is 12.5. The Hall–Kier alpha value is -0.570. The van der Waals surface area contributed by atoms with Gasteiger partial charge in [0.2, 0.25) is 5.91 Å². The van der Waals surface area contributed by atoms with E-state index in [0.717, 1.165) is 37.5 Å². The summed E-state index contributed by atoms with van der Waals surface area (Å²) in [7, 11) is 0. The molecule has 2 rings (SSSR count). The monoisotopic (exact) mass is 280 g/mol. The van der Waals surface area contributed by atoms with Crippen molar-refractivity contribution in [1.29, 1.82) is 0 Å². The molecule has 0 spiro atoms. The molecule has 0 aromatic heterocycles. The summed E-state index contributed by atoms with van der Waals surface area (Å²) in [6.45, 7) is 6.70. The van der Waals surface area contributed by atoms with Crippen molar-refractivity contribution >= 4 is 5.91 Å². The highest BCUT2D eigenvalue weighted by Gasteiger charge is 2.31. The van der Waals surface area contributed by atoms with Gasteiger partial charge in [-0.2, -0.15) is 0 Å². The van der Waals surface area contributed by atoms with Crippen molar-refractivity contribution in [3.8, 4) is 0 Å². The molecule has 2 aliphatic carbocycles. The Bertz CT molecular complexity index is 321. The highest BCUT2D eigenvalue weighted by Crippen LogP contribution is 2.31. The van der Waals surface area contributed by atoms with Crippen LogP contribution in [-0.2, 0) is 4.79 Å². The molecule has 0 aromatic rings. The number of rotatable bonds is 3. The molecule has 0 aromatic carbocycles. The van der Waals surface area contributed by atoms with Crippen LogP contribution in [0.25, 0.3) is 0 Å². The summed E-state index contributed by atoms with van der Waals surface area (Å²) < 4.78 is 0. The Kier molecular flexibility index (Phi) is 5.48. The van der Waals surface area contributed by atoms with Crippen LogP contribution in [0.1, 0.15) is 65.7 Å². The standard InChI is InChI=1S/C17H32N2O/c1-11-7-12(2)9-16(8-11)19-17(20)13(3)14-5-4-6-15(18)10-14/h11-16H,4-10,18H2,1-3H3,(H,19,20). The van der Waals surface area contributed by atoms with Gasteiger partial charge < -0.3 is 11.1 Å². The van der Waals surface area contributed by atoms with E-state index >= 15 is 0 Å². The molecule has 0 bridgehead atoms. The number of nitrogens with one attached hydrogen (secondary N) is 1. The molecule has 5 unspecified atom stereocenters. The number of carbonyl (C=O) groups excluding carboxylic acids is 1. The van der Waals surface area contributed by atoms with E-state index in [1.807, 2.05) is 0 Å². The van der Waals surface area contributed by atoms with Crippen LogP contribution < -0.4 is 11.1 Å². The summed E-state index contributed by atoms with van der Waals surface area (Å²) in [5.74, 6) is 2.34. The molecule has 0 heterocycles. The summed E-state index contributed by atoms with van der Waals surface area (Å²) >= 11 is 0. The van der Waals surface area contributed by atoms with Crippen LogP contribution in [0.4, 0.5) is 0 Å². The number of amides is 1. The predicted molar refractivity (Wildman–Crippen MR) is 83.2 cm³/mol. The molecule has 0 saturated heterocycles. The Balaban J connectivity index is 1.84. The van der Waals surface area contributed by atoms with Gasteiger partial charge in [-0.05, 0) is 56.3 Å². The van der Waals surface area contributed by atoms with Crippen LogP contribution in [0.5, 0.6) is 0 Å². The quantitative estimate of drug-likeness (QED) is 0.834. The highest BCUT2D eigenvalue weighted by atomic mass is 16.1. The predicted octanol–water partition coefficient (Wildman–Crippen LogP) is 3.08. The van der Waals surface area contributed by atoms with E-state index in [1.165, 1.54) is 19.3 Å². The van der Waals surface area contributed by atoms with Crippen LogP contribution in [0.2, 0.25) is 0 Å². The molecular weight excluding hydrogens is 248 g/mol. The third-order valence-corrected chi connectivity index (χ3v) is 5.40. The highest BCUT2D eigenvalue weighted by molar-refractivity contribution is 5.78. The van der Waals surface area contributed by atoms with E-state index in [4.69, 9.17) is 5.73 Å². The van der Waals surface area contributed by atoms with Gasteiger partial charge in [0.15, 0.2) is 0 Å². The molecule has 116 valence electrons. The maximum absolute atomic E-state index is 12.5. The van der Waals surface area contributed by atoms with Gasteiger partial charge in [-0.15, -0.1) is 0 Å². The molecule has 1 amide bonds. The third-order valence-electron chi connectivity index (χ3n) is 5.40. The molecule has 3 N–H and O–H groups in total. The number of hydrogen-bond acceptors (Lipinski definition) is 2. The Morgan fingerprint density at radius 2 is 1.75 bits per heavy atom. The first-order chi connectivity index (χ1) is 9.45. The van der Waals surface area contributed by atoms with Gasteiger partial charge in [0.25, 0.3) is 0 Å². The van der Waals surface area contributed by atoms with Crippen molar-refractivity contribution in [3.63, 3.8) is 0 Å². The van der Waals surface area contributed by atoms with Crippen LogP contribution in [0, 0.1) is 23.7 Å². The molecule has 0 radical (unpaired) electrons. The zero-order valence-corrected chi connectivity index (χ0v) is 13.4. The molecule has 20 heavy (non-hydrogen) atoms. The van der Waals surface area contributed by atoms with E-state index in [1.54, 1.807) is 0 Å². The largest absolute Gasteiger partial charge is 0.353 e. The zero-order valence-electron chi connectivity index (χ0n) is 13.4. The van der Waals surface area contributed by atoms with E-state index < -0.39 is 0 Å². The lowest BCUT2D eigenvalue weighted by Gasteiger charge is -2.35. The molecule has 5 atom stereocenters. The molecule has 3 nitrogen and oxygen atoms in total. The van der Waals surface area contributed by atoms with Gasteiger partial charge in [-0.1, -0.05) is 27.2 Å². The van der Waals surface area contributed by atoms with Gasteiger partial charge in [0.1, 0.15) is 0 Å². The number of nitrogens with two attached hydrogens (primary N) is 1. The van der Waals surface area contributed by atoms with Gasteiger partial charge in [0.05, 0.1) is 0 Å². The second-order valence-corrected chi connectivity index (χ2v) is 7.60. The third kappa shape index (κ3) is 4.21. The average molecular weight is 280 g/mol. The average Bonchev–Trinajstić information content (AvgIpc) is 2.36. The number of hydrogen-bond donors (Lipinski definition) is 2. The normalized spacial score (nSPS) is 40.1. The van der Waals surface area contributed by atoms with Gasteiger partial charge >= 0.3 is 0 Å². The van der Waals surface area contributed by atoms with Crippen LogP contribution in [0.15, 0.2) is 0 Å². The maximum Gasteiger partial charge on any atom is 0.223 e. The van der Waals surface area contributed by atoms with Gasteiger partial charge in [0, 0.05) is 18.0 Å². The lowest BCUT2D eigenvalue weighted by molar-refractivity contribution is -0.127. The Morgan fingerprint density at radius 3 is 2.35 bits per heavy atom. The molecule has 0 aliphatic heterocycles. The van der Waals surface area contributed by atoms with E-state index in [9.17, 15) is 4.79 Å². The minimum atomic E-state index is 0.119. The first-order valence-corrected chi connectivity index (χ1v) is 8.51. The second kappa shape index (κ2) is 6.93. The molecule has 2 saturated carbocycles. The maximum atomic E-state index is 12.5. The summed E-state index contributed by atoms with van der Waals surface area (Å²) in [6.07, 6.45) is 8.09. The van der Waals surface area contributed by atoms with Crippen LogP contribution in [-0.4, -0.2) is 18.0 Å². The van der Waals surface area contributed by atoms with Crippen LogP contribution >= 0.6 is 0 Å². The van der Waals surface area contributed by atoms with E-state index in [2.05, 4.69) is 26.1 Å². The summed E-state index contributed by atoms with van der Waals surface area (Å²) in [5.41, 5.74) is 6.05. The number of carbonyl (C=O) groups is 1. The fourth-order valence-corrected chi connectivity index (χ4v) is 4.33. The van der Waals surface area contributed by atoms with Crippen molar-refractivity contribution in [2.75, 3.05) is 0 Å². The zero-order chi connectivity index (χ0) is 14.7. The molecular formula is C17H32N2O. The fourth-order valence-electron chi connectivity index (χ4n) is 4.33. The van der Waals surface area contributed by atoms with Crippen LogP contribution in [0.3, 0.4) is 0 Å². The first-order valence-electron chi connectivity index (χ1n) is 8.51. The van der Waals surface area contributed by atoms with Crippen molar-refractivity contribution in [2.24, 2.45) is 29.4 Å². The van der Waals surface area contributed by atoms with Gasteiger partial charge in [-0.25, -0.2) is 0 Å². The molecule has 2 aliphatic rings. The molecule has 2 fully saturated rings. The lowest BCUT2D eigenvalue weighted by Crippen LogP contribution is -2.44. The van der Waals surface area contributed by atoms with Crippen molar-refractivity contribution in [3.05, 3.63) is 0 Å². The van der Waals surface area contributed by atoms with Crippen molar-refractivity contribution in [1.82, 2.24) is 5.32 Å². The Labute approximate surface area is 124 Å². The minimum Gasteiger partial charge on any atom is -0.353 e. The minimum absolute atomic E-state index is 0.119. The van der Waals surface area contributed by atoms with E-state index in [-0.39, 0.29) is 11.8 Å². The topological polar surface area (TPSA) is 55.1 Å². The summed E-state index contributed by atoms with van der Waals surface area (Å²) in [5, 5.41) is 3.31. The first kappa shape index (κ1) is 15.8. The smallest absolute Gasteiger partial charge is 0.223 e. The summed E-state index contributed by atoms with van der Waals surface area (Å²) in [6, 6.07) is 0.694. The molecule has 3 heteroatoms. The fraction of sp³-hybridized carbons (Fsp3) is 0.941.